The summed E-state index contributed by atoms with van der Waals surface area (Å²) in [6.45, 7) is 11.1. The zero-order valence-corrected chi connectivity index (χ0v) is 16.0. The molecule has 0 aromatic rings. The zero-order chi connectivity index (χ0) is 14.4. The number of methoxy groups -OCH3 is 1. The molecule has 0 aromatic carbocycles. The molecule has 20 heavy (non-hydrogen) atoms. The van der Waals surface area contributed by atoms with Crippen molar-refractivity contribution in [2.24, 2.45) is 10.4 Å². The predicted octanol–water partition coefficient (Wildman–Crippen LogP) is 3.16. The van der Waals surface area contributed by atoms with Crippen molar-refractivity contribution in [1.29, 1.82) is 0 Å². The summed E-state index contributed by atoms with van der Waals surface area (Å²) in [5.41, 5.74) is 0.300. The number of nitrogens with one attached hydrogen (secondary N) is 2. The molecule has 2 N–H and O–H groups in total. The van der Waals surface area contributed by atoms with Crippen molar-refractivity contribution in [3.05, 3.63) is 0 Å². The minimum atomic E-state index is -0.207. The van der Waals surface area contributed by atoms with Crippen LogP contribution >= 0.6 is 24.0 Å². The molecular formula is C15H32IN3O. The highest BCUT2D eigenvalue weighted by atomic mass is 127. The third-order valence-corrected chi connectivity index (χ3v) is 4.31. The summed E-state index contributed by atoms with van der Waals surface area (Å²) >= 11 is 0. The van der Waals surface area contributed by atoms with Gasteiger partial charge in [-0.1, -0.05) is 13.3 Å². The lowest BCUT2D eigenvalue weighted by atomic mass is 9.67. The van der Waals surface area contributed by atoms with Gasteiger partial charge in [-0.25, -0.2) is 0 Å². The van der Waals surface area contributed by atoms with E-state index in [4.69, 9.17) is 4.74 Å². The lowest BCUT2D eigenvalue weighted by Crippen LogP contribution is -2.46. The van der Waals surface area contributed by atoms with Crippen molar-refractivity contribution in [1.82, 2.24) is 10.6 Å². The molecule has 5 heteroatoms. The maximum absolute atomic E-state index is 5.40. The molecule has 120 valence electrons. The fourth-order valence-corrected chi connectivity index (χ4v) is 2.28. The Hall–Kier alpha value is -0.0400. The number of ether oxygens (including phenoxy) is 1. The molecule has 0 amide bonds. The van der Waals surface area contributed by atoms with Gasteiger partial charge in [0.2, 0.25) is 0 Å². The van der Waals surface area contributed by atoms with E-state index < -0.39 is 0 Å². The van der Waals surface area contributed by atoms with Gasteiger partial charge in [0.25, 0.3) is 0 Å². The number of rotatable bonds is 7. The number of hydrogen-bond donors (Lipinski definition) is 2. The Balaban J connectivity index is 0.00000361. The first-order valence-corrected chi connectivity index (χ1v) is 7.54. The molecule has 0 heterocycles. The largest absolute Gasteiger partial charge is 0.377 e. The Morgan fingerprint density at radius 2 is 1.90 bits per heavy atom. The van der Waals surface area contributed by atoms with Gasteiger partial charge in [-0.15, -0.1) is 24.0 Å². The minimum absolute atomic E-state index is 0. The Labute approximate surface area is 141 Å². The van der Waals surface area contributed by atoms with Crippen LogP contribution in [0, 0.1) is 5.41 Å². The molecule has 0 spiro atoms. The van der Waals surface area contributed by atoms with E-state index in [0.29, 0.717) is 12.0 Å². The second kappa shape index (κ2) is 9.07. The topological polar surface area (TPSA) is 45.7 Å². The van der Waals surface area contributed by atoms with Gasteiger partial charge in [-0.3, -0.25) is 4.99 Å². The van der Waals surface area contributed by atoms with Crippen LogP contribution in [0.4, 0.5) is 0 Å². The van der Waals surface area contributed by atoms with E-state index in [1.54, 1.807) is 7.11 Å². The Bertz CT molecular complexity index is 296. The van der Waals surface area contributed by atoms with Gasteiger partial charge < -0.3 is 15.4 Å². The van der Waals surface area contributed by atoms with Crippen LogP contribution in [0.5, 0.6) is 0 Å². The van der Waals surface area contributed by atoms with Gasteiger partial charge in [-0.2, -0.15) is 0 Å². The first-order valence-electron chi connectivity index (χ1n) is 7.54. The number of hydrogen-bond acceptors (Lipinski definition) is 2. The summed E-state index contributed by atoms with van der Waals surface area (Å²) in [6.07, 6.45) is 5.32. The molecular weight excluding hydrogens is 365 g/mol. The van der Waals surface area contributed by atoms with Gasteiger partial charge in [0.1, 0.15) is 0 Å². The predicted molar refractivity (Wildman–Crippen MR) is 97.1 cm³/mol. The van der Waals surface area contributed by atoms with Crippen molar-refractivity contribution in [2.75, 3.05) is 26.7 Å². The van der Waals surface area contributed by atoms with Crippen LogP contribution in [-0.2, 0) is 4.74 Å². The Morgan fingerprint density at radius 1 is 1.25 bits per heavy atom. The summed E-state index contributed by atoms with van der Waals surface area (Å²) in [4.78, 5) is 4.62. The van der Waals surface area contributed by atoms with Crippen LogP contribution in [0.3, 0.4) is 0 Å². The van der Waals surface area contributed by atoms with Crippen molar-refractivity contribution >= 4 is 29.9 Å². The fourth-order valence-electron chi connectivity index (χ4n) is 2.28. The van der Waals surface area contributed by atoms with Gasteiger partial charge in [0, 0.05) is 20.2 Å². The third kappa shape index (κ3) is 6.16. The summed E-state index contributed by atoms with van der Waals surface area (Å²) in [7, 11) is 1.73. The highest BCUT2D eigenvalue weighted by molar-refractivity contribution is 14.0. The maximum atomic E-state index is 5.40. The molecule has 1 rings (SSSR count). The standard InChI is InChI=1S/C15H31N3O.HI/c1-6-15(9-8-10-15)12-18-13(16-7-2)17-11-14(3,4)19-5;/h6-12H2,1-5H3,(H2,16,17,18);1H. The molecule has 4 nitrogen and oxygen atoms in total. The molecule has 0 atom stereocenters. The van der Waals surface area contributed by atoms with E-state index in [9.17, 15) is 0 Å². The van der Waals surface area contributed by atoms with Gasteiger partial charge >= 0.3 is 0 Å². The van der Waals surface area contributed by atoms with Gasteiger partial charge in [0.05, 0.1) is 12.1 Å². The molecule has 0 saturated heterocycles. The maximum Gasteiger partial charge on any atom is 0.191 e. The van der Waals surface area contributed by atoms with Gasteiger partial charge in [0.15, 0.2) is 5.96 Å². The second-order valence-corrected chi connectivity index (χ2v) is 6.22. The lowest BCUT2D eigenvalue weighted by Gasteiger charge is -2.41. The average molecular weight is 397 g/mol. The quantitative estimate of drug-likeness (QED) is 0.394. The van der Waals surface area contributed by atoms with E-state index in [1.165, 1.54) is 25.7 Å². The smallest absolute Gasteiger partial charge is 0.191 e. The van der Waals surface area contributed by atoms with Crippen LogP contribution in [0.2, 0.25) is 0 Å². The molecule has 1 fully saturated rings. The van der Waals surface area contributed by atoms with Crippen LogP contribution in [0.1, 0.15) is 53.4 Å². The van der Waals surface area contributed by atoms with Crippen LogP contribution in [0.15, 0.2) is 4.99 Å². The van der Waals surface area contributed by atoms with E-state index in [0.717, 1.165) is 19.0 Å². The number of aliphatic imine (C=N–C) groups is 1. The molecule has 1 aliphatic carbocycles. The van der Waals surface area contributed by atoms with Crippen LogP contribution in [-0.4, -0.2) is 38.3 Å². The number of guanidine groups is 1. The molecule has 0 bridgehead atoms. The molecule has 1 saturated carbocycles. The van der Waals surface area contributed by atoms with Gasteiger partial charge in [-0.05, 0) is 45.4 Å². The summed E-state index contributed by atoms with van der Waals surface area (Å²) < 4.78 is 5.40. The minimum Gasteiger partial charge on any atom is -0.377 e. The highest BCUT2D eigenvalue weighted by Gasteiger charge is 2.34. The molecule has 0 unspecified atom stereocenters. The fraction of sp³-hybridized carbons (Fsp3) is 0.933. The normalized spacial score (nSPS) is 17.9. The number of nitrogens with zero attached hydrogens (tertiary/aromatic N) is 1. The summed E-state index contributed by atoms with van der Waals surface area (Å²) in [5.74, 6) is 0.910. The van der Waals surface area contributed by atoms with Crippen molar-refractivity contribution in [3.8, 4) is 0 Å². The molecule has 0 aromatic heterocycles. The first-order chi connectivity index (χ1) is 8.97. The number of halogens is 1. The average Bonchev–Trinajstić information content (AvgIpc) is 2.35. The summed E-state index contributed by atoms with van der Waals surface area (Å²) in [5, 5.41) is 6.80. The Kier molecular flexibility index (Phi) is 9.06. The second-order valence-electron chi connectivity index (χ2n) is 6.22. The van der Waals surface area contributed by atoms with Crippen molar-refractivity contribution in [3.63, 3.8) is 0 Å². The Morgan fingerprint density at radius 3 is 2.30 bits per heavy atom. The lowest BCUT2D eigenvalue weighted by molar-refractivity contribution is 0.0310. The van der Waals surface area contributed by atoms with Crippen LogP contribution in [0.25, 0.3) is 0 Å². The van der Waals surface area contributed by atoms with E-state index in [1.807, 2.05) is 0 Å². The molecule has 0 radical (unpaired) electrons. The monoisotopic (exact) mass is 397 g/mol. The SMILES string of the molecule is CCNC(=NCC(C)(C)OC)NCC1(CC)CCC1.I. The summed E-state index contributed by atoms with van der Waals surface area (Å²) in [6, 6.07) is 0. The third-order valence-electron chi connectivity index (χ3n) is 4.31. The molecule has 0 aliphatic heterocycles. The van der Waals surface area contributed by atoms with Crippen molar-refractivity contribution < 1.29 is 4.74 Å². The van der Waals surface area contributed by atoms with Crippen LogP contribution < -0.4 is 10.6 Å². The highest BCUT2D eigenvalue weighted by Crippen LogP contribution is 2.42. The molecule has 1 aliphatic rings. The van der Waals surface area contributed by atoms with Crippen molar-refractivity contribution in [2.45, 2.75) is 59.0 Å². The van der Waals surface area contributed by atoms with E-state index in [2.05, 4.69) is 43.3 Å². The first kappa shape index (κ1) is 20.0. The zero-order valence-electron chi connectivity index (χ0n) is 13.7. The van der Waals surface area contributed by atoms with E-state index >= 15 is 0 Å². The van der Waals surface area contributed by atoms with E-state index in [-0.39, 0.29) is 29.6 Å².